The number of oxime groups is 1. The Bertz CT molecular complexity index is 886. The van der Waals surface area contributed by atoms with Gasteiger partial charge in [0.15, 0.2) is 0 Å². The molecule has 4 nitrogen and oxygen atoms in total. The SMILES string of the molecule is Cc1ccc(C2=C(c3cc(C)c(C)c(C)c3)C(=NO)CC2O)cc1O. The quantitative estimate of drug-likeness (QED) is 0.570. The van der Waals surface area contributed by atoms with Gasteiger partial charge in [-0.2, -0.15) is 0 Å². The van der Waals surface area contributed by atoms with Crippen LogP contribution in [0.2, 0.25) is 0 Å². The van der Waals surface area contributed by atoms with Crippen molar-refractivity contribution in [1.29, 1.82) is 0 Å². The molecule has 0 radical (unpaired) electrons. The number of aromatic hydroxyl groups is 1. The third-order valence-electron chi connectivity index (χ3n) is 5.13. The lowest BCUT2D eigenvalue weighted by Gasteiger charge is -2.14. The van der Waals surface area contributed by atoms with E-state index in [-0.39, 0.29) is 12.2 Å². The van der Waals surface area contributed by atoms with E-state index in [0.717, 1.165) is 33.4 Å². The van der Waals surface area contributed by atoms with E-state index in [4.69, 9.17) is 0 Å². The second kappa shape index (κ2) is 6.37. The summed E-state index contributed by atoms with van der Waals surface area (Å²) in [6.45, 7) is 7.99. The lowest BCUT2D eigenvalue weighted by Crippen LogP contribution is -2.05. The molecule has 4 heteroatoms. The Balaban J connectivity index is 2.29. The van der Waals surface area contributed by atoms with Gasteiger partial charge in [-0.3, -0.25) is 0 Å². The monoisotopic (exact) mass is 337 g/mol. The molecule has 25 heavy (non-hydrogen) atoms. The number of allylic oxidation sites excluding steroid dienone is 1. The van der Waals surface area contributed by atoms with Gasteiger partial charge < -0.3 is 15.4 Å². The number of aliphatic hydroxyl groups excluding tert-OH is 1. The highest BCUT2D eigenvalue weighted by Gasteiger charge is 2.32. The summed E-state index contributed by atoms with van der Waals surface area (Å²) in [7, 11) is 0. The van der Waals surface area contributed by atoms with Crippen molar-refractivity contribution in [2.75, 3.05) is 0 Å². The van der Waals surface area contributed by atoms with Gasteiger partial charge in [0.05, 0.1) is 11.8 Å². The zero-order chi connectivity index (χ0) is 18.3. The molecule has 0 fully saturated rings. The summed E-state index contributed by atoms with van der Waals surface area (Å²) in [6.07, 6.45) is -0.521. The molecule has 1 unspecified atom stereocenters. The molecule has 0 aliphatic heterocycles. The van der Waals surface area contributed by atoms with E-state index in [1.54, 1.807) is 6.07 Å². The topological polar surface area (TPSA) is 73.1 Å². The molecule has 0 aromatic heterocycles. The van der Waals surface area contributed by atoms with Gasteiger partial charge in [0.25, 0.3) is 0 Å². The number of hydrogen-bond acceptors (Lipinski definition) is 4. The second-order valence-corrected chi connectivity index (χ2v) is 6.79. The number of rotatable bonds is 2. The Morgan fingerprint density at radius 1 is 0.920 bits per heavy atom. The maximum atomic E-state index is 10.6. The summed E-state index contributed by atoms with van der Waals surface area (Å²) in [5, 5.41) is 33.6. The van der Waals surface area contributed by atoms with Crippen LogP contribution in [0.1, 0.15) is 39.8 Å². The van der Waals surface area contributed by atoms with Gasteiger partial charge in [-0.1, -0.05) is 29.4 Å². The van der Waals surface area contributed by atoms with Crippen molar-refractivity contribution in [3.63, 3.8) is 0 Å². The number of benzene rings is 2. The number of hydrogen-bond donors (Lipinski definition) is 3. The molecule has 1 aliphatic carbocycles. The fraction of sp³-hybridized carbons (Fsp3) is 0.286. The molecule has 130 valence electrons. The van der Waals surface area contributed by atoms with Gasteiger partial charge in [0, 0.05) is 12.0 Å². The van der Waals surface area contributed by atoms with Crippen molar-refractivity contribution in [2.24, 2.45) is 5.16 Å². The Labute approximate surface area is 147 Å². The van der Waals surface area contributed by atoms with E-state index in [2.05, 4.69) is 24.2 Å². The minimum Gasteiger partial charge on any atom is -0.508 e. The second-order valence-electron chi connectivity index (χ2n) is 6.79. The molecule has 0 amide bonds. The maximum absolute atomic E-state index is 10.6. The summed E-state index contributed by atoms with van der Waals surface area (Å²) in [6, 6.07) is 9.45. The first-order chi connectivity index (χ1) is 11.8. The molecule has 1 atom stereocenters. The fourth-order valence-electron chi connectivity index (χ4n) is 3.42. The zero-order valence-corrected chi connectivity index (χ0v) is 15.0. The summed E-state index contributed by atoms with van der Waals surface area (Å²) >= 11 is 0. The molecule has 2 aromatic rings. The van der Waals surface area contributed by atoms with E-state index in [9.17, 15) is 15.4 Å². The average molecular weight is 337 g/mol. The fourth-order valence-corrected chi connectivity index (χ4v) is 3.42. The molecule has 3 N–H and O–H groups in total. The van der Waals surface area contributed by atoms with Crippen LogP contribution in [0.15, 0.2) is 35.5 Å². The van der Waals surface area contributed by atoms with Crippen LogP contribution in [0.3, 0.4) is 0 Å². The minimum atomic E-state index is -0.773. The van der Waals surface area contributed by atoms with Crippen LogP contribution in [0, 0.1) is 27.7 Å². The standard InChI is InChI=1S/C21H23NO3/c1-11-5-6-15(9-18(11)23)21-19(24)10-17(22-25)20(21)16-7-12(2)14(4)13(3)8-16/h5-9,19,23-25H,10H2,1-4H3. The van der Waals surface area contributed by atoms with Crippen molar-refractivity contribution in [2.45, 2.75) is 40.2 Å². The number of nitrogens with zero attached hydrogens (tertiary/aromatic N) is 1. The molecule has 2 aromatic carbocycles. The van der Waals surface area contributed by atoms with E-state index in [1.807, 2.05) is 32.9 Å². The van der Waals surface area contributed by atoms with Crippen LogP contribution in [0.5, 0.6) is 5.75 Å². The van der Waals surface area contributed by atoms with E-state index in [1.165, 1.54) is 5.56 Å². The van der Waals surface area contributed by atoms with Crippen molar-refractivity contribution < 1.29 is 15.4 Å². The van der Waals surface area contributed by atoms with Gasteiger partial charge in [0.2, 0.25) is 0 Å². The molecule has 0 saturated heterocycles. The molecular weight excluding hydrogens is 314 g/mol. The summed E-state index contributed by atoms with van der Waals surface area (Å²) in [5.41, 5.74) is 7.83. The smallest absolute Gasteiger partial charge is 0.119 e. The Morgan fingerprint density at radius 2 is 1.56 bits per heavy atom. The molecule has 0 saturated carbocycles. The van der Waals surface area contributed by atoms with E-state index in [0.29, 0.717) is 11.3 Å². The van der Waals surface area contributed by atoms with Gasteiger partial charge in [-0.05, 0) is 72.7 Å². The predicted molar refractivity (Wildman–Crippen MR) is 100 cm³/mol. The van der Waals surface area contributed by atoms with Gasteiger partial charge in [0.1, 0.15) is 5.75 Å². The molecule has 0 bridgehead atoms. The first-order valence-corrected chi connectivity index (χ1v) is 8.35. The Hall–Kier alpha value is -2.59. The van der Waals surface area contributed by atoms with Crippen LogP contribution in [0.4, 0.5) is 0 Å². The van der Waals surface area contributed by atoms with Crippen LogP contribution in [-0.4, -0.2) is 27.2 Å². The van der Waals surface area contributed by atoms with Crippen molar-refractivity contribution >= 4 is 16.9 Å². The average Bonchev–Trinajstić information content (AvgIpc) is 2.91. The first kappa shape index (κ1) is 17.2. The number of phenols is 1. The highest BCUT2D eigenvalue weighted by atomic mass is 16.4. The van der Waals surface area contributed by atoms with Gasteiger partial charge in [-0.25, -0.2) is 0 Å². The number of phenolic OH excluding ortho intramolecular Hbond substituents is 1. The van der Waals surface area contributed by atoms with Crippen LogP contribution in [0.25, 0.3) is 11.1 Å². The minimum absolute atomic E-state index is 0.183. The lowest BCUT2D eigenvalue weighted by atomic mass is 9.91. The normalized spacial score (nSPS) is 19.1. The third kappa shape index (κ3) is 2.94. The Morgan fingerprint density at radius 3 is 2.12 bits per heavy atom. The van der Waals surface area contributed by atoms with Crippen molar-refractivity contribution in [3.8, 4) is 5.75 Å². The van der Waals surface area contributed by atoms with Gasteiger partial charge in [-0.15, -0.1) is 0 Å². The molecule has 1 aliphatic rings. The third-order valence-corrected chi connectivity index (χ3v) is 5.13. The summed E-state index contributed by atoms with van der Waals surface area (Å²) < 4.78 is 0. The Kier molecular flexibility index (Phi) is 4.39. The van der Waals surface area contributed by atoms with Crippen molar-refractivity contribution in [1.82, 2.24) is 0 Å². The van der Waals surface area contributed by atoms with Crippen LogP contribution in [-0.2, 0) is 0 Å². The molecule has 0 spiro atoms. The lowest BCUT2D eigenvalue weighted by molar-refractivity contribution is 0.242. The highest BCUT2D eigenvalue weighted by molar-refractivity contribution is 6.34. The predicted octanol–water partition coefficient (Wildman–Crippen LogP) is 4.13. The summed E-state index contributed by atoms with van der Waals surface area (Å²) in [4.78, 5) is 0. The molecular formula is C21H23NO3. The zero-order valence-electron chi connectivity index (χ0n) is 15.0. The maximum Gasteiger partial charge on any atom is 0.119 e. The molecule has 3 rings (SSSR count). The summed E-state index contributed by atoms with van der Waals surface area (Å²) in [5.74, 6) is 0.183. The van der Waals surface area contributed by atoms with E-state index < -0.39 is 6.10 Å². The van der Waals surface area contributed by atoms with Gasteiger partial charge >= 0.3 is 0 Å². The first-order valence-electron chi connectivity index (χ1n) is 8.35. The van der Waals surface area contributed by atoms with E-state index >= 15 is 0 Å². The molecule has 0 heterocycles. The van der Waals surface area contributed by atoms with Crippen LogP contribution >= 0.6 is 0 Å². The number of aryl methyl sites for hydroxylation is 3. The van der Waals surface area contributed by atoms with Crippen molar-refractivity contribution in [3.05, 3.63) is 63.7 Å². The number of aliphatic hydroxyl groups is 1. The highest BCUT2D eigenvalue weighted by Crippen LogP contribution is 2.40. The largest absolute Gasteiger partial charge is 0.508 e. The van der Waals surface area contributed by atoms with Crippen LogP contribution < -0.4 is 0 Å².